The fourth-order valence-corrected chi connectivity index (χ4v) is 3.12. The maximum atomic E-state index is 12.2. The van der Waals surface area contributed by atoms with Gasteiger partial charge in [0.15, 0.2) is 0 Å². The van der Waals surface area contributed by atoms with Crippen LogP contribution in [-0.4, -0.2) is 17.1 Å². The van der Waals surface area contributed by atoms with Gasteiger partial charge in [-0.2, -0.15) is 5.10 Å². The van der Waals surface area contributed by atoms with Crippen LogP contribution in [0.1, 0.15) is 21.5 Å². The van der Waals surface area contributed by atoms with Gasteiger partial charge < -0.3 is 4.74 Å². The minimum absolute atomic E-state index is 0.330. The Kier molecular flexibility index (Phi) is 6.01. The molecule has 5 nitrogen and oxygen atoms in total. The van der Waals surface area contributed by atoms with Crippen molar-refractivity contribution in [3.05, 3.63) is 107 Å². The molecule has 4 rings (SSSR count). The number of nitrogens with one attached hydrogen (secondary N) is 1. The number of benzene rings is 3. The summed E-state index contributed by atoms with van der Waals surface area (Å²) in [6, 6.07) is 22.7. The molecule has 1 amide bonds. The number of halogens is 1. The van der Waals surface area contributed by atoms with Crippen LogP contribution >= 0.6 is 11.6 Å². The summed E-state index contributed by atoms with van der Waals surface area (Å²) in [5.74, 6) is 0.339. The van der Waals surface area contributed by atoms with Gasteiger partial charge >= 0.3 is 0 Å². The van der Waals surface area contributed by atoms with E-state index in [1.165, 1.54) is 6.20 Å². The summed E-state index contributed by atoms with van der Waals surface area (Å²) >= 11 is 5.95. The van der Waals surface area contributed by atoms with Crippen molar-refractivity contribution in [2.24, 2.45) is 5.10 Å². The highest BCUT2D eigenvalue weighted by atomic mass is 35.5. The molecule has 0 bridgehead atoms. The van der Waals surface area contributed by atoms with Crippen LogP contribution in [0.5, 0.6) is 5.75 Å². The topological polar surface area (TPSA) is 63.6 Å². The van der Waals surface area contributed by atoms with Crippen molar-refractivity contribution in [3.63, 3.8) is 0 Å². The average Bonchev–Trinajstić information content (AvgIpc) is 2.80. The quantitative estimate of drug-likeness (QED) is 0.346. The molecule has 0 saturated carbocycles. The number of rotatable bonds is 6. The highest BCUT2D eigenvalue weighted by Gasteiger charge is 2.09. The second-order valence-electron chi connectivity index (χ2n) is 6.55. The lowest BCUT2D eigenvalue weighted by Gasteiger charge is -2.12. The molecule has 4 aromatic rings. The standard InChI is InChI=1S/C24H18ClN3O2/c25-20-10-7-17(8-11-20)16-30-23-12-9-18-4-1-2-6-21(18)22(23)15-27-28-24(29)19-5-3-13-26-14-19/h1-15H,16H2,(H,28,29)/b27-15+. The highest BCUT2D eigenvalue weighted by molar-refractivity contribution is 6.30. The van der Waals surface area contributed by atoms with Crippen LogP contribution in [0.25, 0.3) is 10.8 Å². The summed E-state index contributed by atoms with van der Waals surface area (Å²) in [4.78, 5) is 16.2. The van der Waals surface area contributed by atoms with Crippen molar-refractivity contribution >= 4 is 34.5 Å². The Labute approximate surface area is 179 Å². The van der Waals surface area contributed by atoms with E-state index in [9.17, 15) is 4.79 Å². The average molecular weight is 416 g/mol. The van der Waals surface area contributed by atoms with Crippen LogP contribution in [0.2, 0.25) is 5.02 Å². The predicted octanol–water partition coefficient (Wildman–Crippen LogP) is 5.23. The van der Waals surface area contributed by atoms with E-state index in [4.69, 9.17) is 16.3 Å². The van der Waals surface area contributed by atoms with Crippen molar-refractivity contribution in [2.75, 3.05) is 0 Å². The minimum Gasteiger partial charge on any atom is -0.488 e. The molecule has 6 heteroatoms. The summed E-state index contributed by atoms with van der Waals surface area (Å²) in [6.45, 7) is 0.387. The van der Waals surface area contributed by atoms with Gasteiger partial charge in [0, 0.05) is 23.0 Å². The van der Waals surface area contributed by atoms with Crippen molar-refractivity contribution in [1.29, 1.82) is 0 Å². The van der Waals surface area contributed by atoms with E-state index in [0.717, 1.165) is 21.9 Å². The molecule has 0 radical (unpaired) electrons. The zero-order chi connectivity index (χ0) is 20.8. The van der Waals surface area contributed by atoms with Crippen LogP contribution < -0.4 is 10.2 Å². The second kappa shape index (κ2) is 9.20. The molecule has 30 heavy (non-hydrogen) atoms. The van der Waals surface area contributed by atoms with Crippen LogP contribution in [-0.2, 0) is 6.61 Å². The Hall–Kier alpha value is -3.70. The molecule has 1 N–H and O–H groups in total. The van der Waals surface area contributed by atoms with Gasteiger partial charge in [0.25, 0.3) is 5.91 Å². The lowest BCUT2D eigenvalue weighted by molar-refractivity contribution is 0.0954. The third kappa shape index (κ3) is 4.64. The SMILES string of the molecule is O=C(N/N=C/c1c(OCc2ccc(Cl)cc2)ccc2ccccc12)c1cccnc1. The van der Waals surface area contributed by atoms with Gasteiger partial charge in [-0.25, -0.2) is 5.43 Å². The number of carbonyl (C=O) groups is 1. The first-order chi connectivity index (χ1) is 14.7. The summed E-state index contributed by atoms with van der Waals surface area (Å²) in [6.07, 6.45) is 4.71. The number of nitrogens with zero attached hydrogens (tertiary/aromatic N) is 2. The number of carbonyl (C=O) groups excluding carboxylic acids is 1. The molecule has 3 aromatic carbocycles. The van der Waals surface area contributed by atoms with Crippen molar-refractivity contribution < 1.29 is 9.53 Å². The van der Waals surface area contributed by atoms with Gasteiger partial charge in [-0.05, 0) is 46.7 Å². The Bertz CT molecular complexity index is 1190. The van der Waals surface area contributed by atoms with Gasteiger partial charge in [-0.1, -0.05) is 54.1 Å². The smallest absolute Gasteiger partial charge is 0.272 e. The van der Waals surface area contributed by atoms with Crippen molar-refractivity contribution in [2.45, 2.75) is 6.61 Å². The number of hydrogen-bond donors (Lipinski definition) is 1. The lowest BCUT2D eigenvalue weighted by Crippen LogP contribution is -2.17. The highest BCUT2D eigenvalue weighted by Crippen LogP contribution is 2.27. The number of pyridine rings is 1. The molecule has 148 valence electrons. The van der Waals surface area contributed by atoms with Gasteiger partial charge in [0.05, 0.1) is 11.8 Å². The largest absolute Gasteiger partial charge is 0.488 e. The van der Waals surface area contributed by atoms with E-state index in [1.54, 1.807) is 24.5 Å². The molecule has 1 aromatic heterocycles. The maximum absolute atomic E-state index is 12.2. The molecule has 0 unspecified atom stereocenters. The summed E-state index contributed by atoms with van der Waals surface area (Å²) in [5.41, 5.74) is 4.76. The maximum Gasteiger partial charge on any atom is 0.272 e. The number of hydrazone groups is 1. The molecular formula is C24H18ClN3O2. The second-order valence-corrected chi connectivity index (χ2v) is 6.99. The van der Waals surface area contributed by atoms with E-state index in [-0.39, 0.29) is 5.91 Å². The molecule has 0 spiro atoms. The molecule has 0 aliphatic heterocycles. The monoisotopic (exact) mass is 415 g/mol. The zero-order valence-electron chi connectivity index (χ0n) is 16.0. The Balaban J connectivity index is 1.58. The number of ether oxygens (including phenoxy) is 1. The first-order valence-corrected chi connectivity index (χ1v) is 9.71. The van der Waals surface area contributed by atoms with Crippen LogP contribution in [0.15, 0.2) is 90.3 Å². The van der Waals surface area contributed by atoms with E-state index in [1.807, 2.05) is 60.7 Å². The zero-order valence-corrected chi connectivity index (χ0v) is 16.7. The third-order valence-corrected chi connectivity index (χ3v) is 4.77. The van der Waals surface area contributed by atoms with E-state index < -0.39 is 0 Å². The molecule has 0 aliphatic carbocycles. The van der Waals surface area contributed by atoms with Crippen LogP contribution in [0.4, 0.5) is 0 Å². The van der Waals surface area contributed by atoms with E-state index in [2.05, 4.69) is 15.5 Å². The van der Waals surface area contributed by atoms with Gasteiger partial charge in [0.2, 0.25) is 0 Å². The molecule has 0 fully saturated rings. The molecule has 1 heterocycles. The predicted molar refractivity (Wildman–Crippen MR) is 119 cm³/mol. The van der Waals surface area contributed by atoms with Crippen molar-refractivity contribution in [1.82, 2.24) is 10.4 Å². The van der Waals surface area contributed by atoms with Gasteiger partial charge in [-0.15, -0.1) is 0 Å². The number of amides is 1. The lowest BCUT2D eigenvalue weighted by atomic mass is 10.0. The Morgan fingerprint density at radius 1 is 1.03 bits per heavy atom. The molecular weight excluding hydrogens is 398 g/mol. The Morgan fingerprint density at radius 3 is 2.67 bits per heavy atom. The van der Waals surface area contributed by atoms with Gasteiger partial charge in [-0.3, -0.25) is 9.78 Å². The first-order valence-electron chi connectivity index (χ1n) is 9.33. The van der Waals surface area contributed by atoms with Crippen LogP contribution in [0, 0.1) is 0 Å². The van der Waals surface area contributed by atoms with Crippen molar-refractivity contribution in [3.8, 4) is 5.75 Å². The third-order valence-electron chi connectivity index (χ3n) is 4.52. The first kappa shape index (κ1) is 19.6. The number of aromatic nitrogens is 1. The molecule has 0 saturated heterocycles. The number of fused-ring (bicyclic) bond motifs is 1. The fraction of sp³-hybridized carbons (Fsp3) is 0.0417. The van der Waals surface area contributed by atoms with E-state index in [0.29, 0.717) is 22.9 Å². The molecule has 0 atom stereocenters. The Morgan fingerprint density at radius 2 is 1.87 bits per heavy atom. The summed E-state index contributed by atoms with van der Waals surface area (Å²) in [7, 11) is 0. The van der Waals surface area contributed by atoms with Gasteiger partial charge in [0.1, 0.15) is 12.4 Å². The summed E-state index contributed by atoms with van der Waals surface area (Å²) < 4.78 is 6.06. The minimum atomic E-state index is -0.330. The fourth-order valence-electron chi connectivity index (χ4n) is 2.99. The van der Waals surface area contributed by atoms with E-state index >= 15 is 0 Å². The summed E-state index contributed by atoms with van der Waals surface area (Å²) in [5, 5.41) is 6.86. The molecule has 0 aliphatic rings. The number of hydrogen-bond acceptors (Lipinski definition) is 4. The van der Waals surface area contributed by atoms with Crippen LogP contribution in [0.3, 0.4) is 0 Å². The normalized spacial score (nSPS) is 11.0.